The number of ether oxygens (including phenoxy) is 1. The van der Waals surface area contributed by atoms with Gasteiger partial charge in [0.1, 0.15) is 0 Å². The summed E-state index contributed by atoms with van der Waals surface area (Å²) in [6.45, 7) is 8.68. The van der Waals surface area contributed by atoms with Gasteiger partial charge in [0.15, 0.2) is 12.5 Å². The van der Waals surface area contributed by atoms with E-state index in [0.717, 1.165) is 0 Å². The fraction of sp³-hybridized carbons (Fsp3) is 1.00. The zero-order valence-corrected chi connectivity index (χ0v) is 9.13. The average Bonchev–Trinajstić information content (AvgIpc) is 2.66. The minimum Gasteiger partial charge on any atom is -0.337 e. The lowest BCUT2D eigenvalue weighted by molar-refractivity contribution is 0.307. The largest absolute Gasteiger partial charge is 0.337 e. The van der Waals surface area contributed by atoms with Crippen LogP contribution in [-0.2, 0) is 4.74 Å². The van der Waals surface area contributed by atoms with Crippen LogP contribution >= 0.6 is 0 Å². The average molecular weight is 186 g/mol. The van der Waals surface area contributed by atoms with Crippen LogP contribution in [0.4, 0.5) is 0 Å². The van der Waals surface area contributed by atoms with E-state index < -0.39 is 0 Å². The van der Waals surface area contributed by atoms with Crippen molar-refractivity contribution < 1.29 is 4.74 Å². The second-order valence-corrected chi connectivity index (χ2v) is 4.16. The first kappa shape index (κ1) is 11.0. The van der Waals surface area contributed by atoms with Gasteiger partial charge in [0.25, 0.3) is 0 Å². The van der Waals surface area contributed by atoms with Gasteiger partial charge in [-0.25, -0.2) is 0 Å². The molecular formula is C10H22N2O. The third kappa shape index (κ3) is 4.07. The molecule has 1 aliphatic heterocycles. The van der Waals surface area contributed by atoms with Gasteiger partial charge in [-0.3, -0.25) is 10.6 Å². The molecule has 0 bridgehead atoms. The highest BCUT2D eigenvalue weighted by atomic mass is 16.6. The van der Waals surface area contributed by atoms with Gasteiger partial charge in [0.05, 0.1) is 0 Å². The SMILES string of the molecule is CCCC(C)NC1OC1NC(C)C. The highest BCUT2D eigenvalue weighted by Gasteiger charge is 2.39. The van der Waals surface area contributed by atoms with Gasteiger partial charge in [-0.2, -0.15) is 0 Å². The van der Waals surface area contributed by atoms with Crippen molar-refractivity contribution in [1.82, 2.24) is 10.6 Å². The minimum absolute atomic E-state index is 0.235. The topological polar surface area (TPSA) is 36.6 Å². The molecule has 1 aliphatic rings. The van der Waals surface area contributed by atoms with Crippen LogP contribution in [-0.4, -0.2) is 24.5 Å². The highest BCUT2D eigenvalue weighted by Crippen LogP contribution is 2.17. The van der Waals surface area contributed by atoms with Gasteiger partial charge in [-0.1, -0.05) is 13.3 Å². The van der Waals surface area contributed by atoms with E-state index in [-0.39, 0.29) is 12.5 Å². The molecule has 0 radical (unpaired) electrons. The lowest BCUT2D eigenvalue weighted by Gasteiger charge is -2.10. The Bertz CT molecular complexity index is 150. The number of epoxide rings is 1. The standard InChI is InChI=1S/C10H22N2O/c1-5-6-8(4)12-10-9(13-10)11-7(2)3/h7-12H,5-6H2,1-4H3. The molecule has 1 rings (SSSR count). The summed E-state index contributed by atoms with van der Waals surface area (Å²) in [6.07, 6.45) is 2.92. The second-order valence-electron chi connectivity index (χ2n) is 4.16. The number of hydrogen-bond acceptors (Lipinski definition) is 3. The highest BCUT2D eigenvalue weighted by molar-refractivity contribution is 4.83. The molecule has 0 aromatic rings. The van der Waals surface area contributed by atoms with Crippen LogP contribution < -0.4 is 10.6 Å². The first-order valence-electron chi connectivity index (χ1n) is 5.31. The molecule has 13 heavy (non-hydrogen) atoms. The molecule has 2 N–H and O–H groups in total. The first-order chi connectivity index (χ1) is 6.13. The molecule has 78 valence electrons. The summed E-state index contributed by atoms with van der Waals surface area (Å²) in [5, 5.41) is 6.75. The maximum Gasteiger partial charge on any atom is 0.150 e. The van der Waals surface area contributed by atoms with Gasteiger partial charge >= 0.3 is 0 Å². The van der Waals surface area contributed by atoms with Crippen LogP contribution in [0.3, 0.4) is 0 Å². The van der Waals surface area contributed by atoms with Crippen molar-refractivity contribution >= 4 is 0 Å². The Morgan fingerprint density at radius 1 is 1.15 bits per heavy atom. The second kappa shape index (κ2) is 4.94. The summed E-state index contributed by atoms with van der Waals surface area (Å²) in [4.78, 5) is 0. The molecule has 1 fully saturated rings. The Kier molecular flexibility index (Phi) is 4.16. The summed E-state index contributed by atoms with van der Waals surface area (Å²) in [6, 6.07) is 1.06. The summed E-state index contributed by atoms with van der Waals surface area (Å²) in [5.74, 6) is 0. The number of hydrogen-bond donors (Lipinski definition) is 2. The number of nitrogens with one attached hydrogen (secondary N) is 2. The van der Waals surface area contributed by atoms with Crippen LogP contribution in [0.15, 0.2) is 0 Å². The summed E-state index contributed by atoms with van der Waals surface area (Å²) in [7, 11) is 0. The Hall–Kier alpha value is -0.120. The molecule has 0 aromatic carbocycles. The van der Waals surface area contributed by atoms with Crippen LogP contribution in [0.25, 0.3) is 0 Å². The maximum atomic E-state index is 5.42. The molecule has 1 saturated heterocycles. The minimum atomic E-state index is 0.235. The van der Waals surface area contributed by atoms with E-state index in [2.05, 4.69) is 38.3 Å². The fourth-order valence-corrected chi connectivity index (χ4v) is 1.49. The third-order valence-corrected chi connectivity index (χ3v) is 2.16. The van der Waals surface area contributed by atoms with E-state index in [4.69, 9.17) is 4.74 Å². The molecule has 1 heterocycles. The van der Waals surface area contributed by atoms with Crippen LogP contribution in [0.2, 0.25) is 0 Å². The van der Waals surface area contributed by atoms with Gasteiger partial charge < -0.3 is 4.74 Å². The monoisotopic (exact) mass is 186 g/mol. The van der Waals surface area contributed by atoms with Gasteiger partial charge in [-0.05, 0) is 27.2 Å². The van der Waals surface area contributed by atoms with E-state index in [1.165, 1.54) is 12.8 Å². The smallest absolute Gasteiger partial charge is 0.150 e. The zero-order chi connectivity index (χ0) is 9.84. The van der Waals surface area contributed by atoms with Gasteiger partial charge in [0, 0.05) is 12.1 Å². The molecule has 0 saturated carbocycles. The van der Waals surface area contributed by atoms with Crippen LogP contribution in [0, 0.1) is 0 Å². The van der Waals surface area contributed by atoms with Crippen molar-refractivity contribution in [3.63, 3.8) is 0 Å². The lowest BCUT2D eigenvalue weighted by Crippen LogP contribution is -2.35. The normalized spacial score (nSPS) is 29.3. The molecule has 0 aromatic heterocycles. The van der Waals surface area contributed by atoms with Crippen LogP contribution in [0.5, 0.6) is 0 Å². The predicted octanol–water partition coefficient (Wildman–Crippen LogP) is 1.45. The van der Waals surface area contributed by atoms with Crippen molar-refractivity contribution in [2.24, 2.45) is 0 Å². The fourth-order valence-electron chi connectivity index (χ4n) is 1.49. The van der Waals surface area contributed by atoms with Crippen LogP contribution in [0.1, 0.15) is 40.5 Å². The first-order valence-corrected chi connectivity index (χ1v) is 5.31. The molecular weight excluding hydrogens is 164 g/mol. The quantitative estimate of drug-likeness (QED) is 0.616. The lowest BCUT2D eigenvalue weighted by atomic mass is 10.2. The summed E-state index contributed by atoms with van der Waals surface area (Å²) < 4.78 is 5.42. The van der Waals surface area contributed by atoms with E-state index in [1.54, 1.807) is 0 Å². The Morgan fingerprint density at radius 2 is 1.77 bits per heavy atom. The molecule has 3 nitrogen and oxygen atoms in total. The molecule has 0 amide bonds. The van der Waals surface area contributed by atoms with Crippen molar-refractivity contribution in [3.05, 3.63) is 0 Å². The zero-order valence-electron chi connectivity index (χ0n) is 9.13. The molecule has 3 heteroatoms. The predicted molar refractivity (Wildman–Crippen MR) is 54.4 cm³/mol. The summed E-state index contributed by atoms with van der Waals surface area (Å²) >= 11 is 0. The van der Waals surface area contributed by atoms with Gasteiger partial charge in [0.2, 0.25) is 0 Å². The maximum absolute atomic E-state index is 5.42. The van der Waals surface area contributed by atoms with E-state index in [0.29, 0.717) is 12.1 Å². The van der Waals surface area contributed by atoms with E-state index in [9.17, 15) is 0 Å². The molecule has 0 aliphatic carbocycles. The van der Waals surface area contributed by atoms with Gasteiger partial charge in [-0.15, -0.1) is 0 Å². The van der Waals surface area contributed by atoms with Crippen molar-refractivity contribution in [3.8, 4) is 0 Å². The number of rotatable bonds is 6. The Morgan fingerprint density at radius 3 is 2.31 bits per heavy atom. The van der Waals surface area contributed by atoms with Crippen molar-refractivity contribution in [1.29, 1.82) is 0 Å². The molecule has 0 spiro atoms. The van der Waals surface area contributed by atoms with E-state index >= 15 is 0 Å². The molecule has 3 unspecified atom stereocenters. The Balaban J connectivity index is 2.06. The third-order valence-electron chi connectivity index (χ3n) is 2.16. The van der Waals surface area contributed by atoms with Crippen molar-refractivity contribution in [2.45, 2.75) is 65.1 Å². The summed E-state index contributed by atoms with van der Waals surface area (Å²) in [5.41, 5.74) is 0. The Labute approximate surface area is 81.2 Å². The van der Waals surface area contributed by atoms with Crippen molar-refractivity contribution in [2.75, 3.05) is 0 Å². The van der Waals surface area contributed by atoms with E-state index in [1.807, 2.05) is 0 Å². The molecule has 3 atom stereocenters.